The number of nitrogens with zero attached hydrogens (tertiary/aromatic N) is 1. The number of aryl methyl sites for hydroxylation is 2. The highest BCUT2D eigenvalue weighted by atomic mass is 16.4. The van der Waals surface area contributed by atoms with Gasteiger partial charge in [-0.15, -0.1) is 0 Å². The molecule has 0 aliphatic carbocycles. The molecule has 1 fully saturated rings. The van der Waals surface area contributed by atoms with Crippen molar-refractivity contribution in [1.82, 2.24) is 4.90 Å². The average molecular weight is 265 g/mol. The summed E-state index contributed by atoms with van der Waals surface area (Å²) in [5, 5.41) is 9.00. The first kappa shape index (κ1) is 13.6. The molecular weight excluding hydrogens is 246 g/mol. The Balaban J connectivity index is 1.84. The minimum atomic E-state index is -0.806. The number of carboxylic acids is 1. The van der Waals surface area contributed by atoms with Gasteiger partial charge in [0.05, 0.1) is 5.92 Å². The Morgan fingerprint density at radius 1 is 1.47 bits per heavy atom. The lowest BCUT2D eigenvalue weighted by Crippen LogP contribution is -2.42. The van der Waals surface area contributed by atoms with E-state index in [0.29, 0.717) is 32.4 Å². The summed E-state index contributed by atoms with van der Waals surface area (Å²) in [5.74, 6) is 0.437. The molecule has 1 aromatic rings. The van der Waals surface area contributed by atoms with Gasteiger partial charge in [-0.2, -0.15) is 0 Å². The third kappa shape index (κ3) is 3.59. The maximum atomic E-state index is 12.0. The largest absolute Gasteiger partial charge is 0.481 e. The summed E-state index contributed by atoms with van der Waals surface area (Å²) < 4.78 is 5.42. The van der Waals surface area contributed by atoms with Gasteiger partial charge < -0.3 is 14.4 Å². The van der Waals surface area contributed by atoms with E-state index in [9.17, 15) is 9.59 Å². The van der Waals surface area contributed by atoms with Crippen LogP contribution in [0.4, 0.5) is 0 Å². The van der Waals surface area contributed by atoms with Crippen molar-refractivity contribution in [3.05, 3.63) is 23.7 Å². The van der Waals surface area contributed by atoms with Crippen LogP contribution < -0.4 is 0 Å². The van der Waals surface area contributed by atoms with Gasteiger partial charge in [-0.1, -0.05) is 0 Å². The zero-order valence-electron chi connectivity index (χ0n) is 11.1. The predicted molar refractivity (Wildman–Crippen MR) is 68.7 cm³/mol. The smallest absolute Gasteiger partial charge is 0.308 e. The van der Waals surface area contributed by atoms with Crippen molar-refractivity contribution in [2.45, 2.75) is 32.6 Å². The Morgan fingerprint density at radius 3 is 2.89 bits per heavy atom. The number of carbonyl (C=O) groups excluding carboxylic acids is 1. The minimum Gasteiger partial charge on any atom is -0.481 e. The maximum absolute atomic E-state index is 12.0. The van der Waals surface area contributed by atoms with Crippen LogP contribution in [0.2, 0.25) is 0 Å². The van der Waals surface area contributed by atoms with E-state index in [1.165, 1.54) is 0 Å². The summed E-state index contributed by atoms with van der Waals surface area (Å²) in [7, 11) is 0. The minimum absolute atomic E-state index is 0.0139. The molecule has 1 aromatic heterocycles. The molecule has 0 spiro atoms. The number of carbonyl (C=O) groups is 2. The first-order valence-electron chi connectivity index (χ1n) is 6.62. The molecule has 0 saturated carbocycles. The molecule has 0 radical (unpaired) electrons. The van der Waals surface area contributed by atoms with E-state index in [1.54, 1.807) is 4.90 Å². The highest BCUT2D eigenvalue weighted by molar-refractivity contribution is 5.78. The van der Waals surface area contributed by atoms with Crippen LogP contribution in [0.5, 0.6) is 0 Å². The molecule has 104 valence electrons. The molecule has 1 N–H and O–H groups in total. The number of amides is 1. The van der Waals surface area contributed by atoms with E-state index in [-0.39, 0.29) is 5.91 Å². The summed E-state index contributed by atoms with van der Waals surface area (Å²) in [5.41, 5.74) is 0. The first-order valence-corrected chi connectivity index (χ1v) is 6.62. The van der Waals surface area contributed by atoms with Crippen molar-refractivity contribution in [2.75, 3.05) is 13.1 Å². The van der Waals surface area contributed by atoms with Gasteiger partial charge in [0.1, 0.15) is 11.5 Å². The van der Waals surface area contributed by atoms with Gasteiger partial charge in [0.15, 0.2) is 0 Å². The number of piperidine rings is 1. The van der Waals surface area contributed by atoms with Crippen LogP contribution in [0.15, 0.2) is 16.5 Å². The summed E-state index contributed by atoms with van der Waals surface area (Å²) in [6.07, 6.45) is 2.37. The van der Waals surface area contributed by atoms with Crippen molar-refractivity contribution in [3.8, 4) is 0 Å². The Bertz CT molecular complexity index is 466. The van der Waals surface area contributed by atoms with E-state index in [1.807, 2.05) is 19.1 Å². The Labute approximate surface area is 112 Å². The van der Waals surface area contributed by atoms with Crippen LogP contribution in [-0.2, 0) is 16.0 Å². The van der Waals surface area contributed by atoms with Crippen molar-refractivity contribution in [1.29, 1.82) is 0 Å². The summed E-state index contributed by atoms with van der Waals surface area (Å²) in [6, 6.07) is 3.75. The zero-order chi connectivity index (χ0) is 13.8. The molecule has 1 saturated heterocycles. The van der Waals surface area contributed by atoms with Crippen LogP contribution in [0.1, 0.15) is 30.8 Å². The van der Waals surface area contributed by atoms with Gasteiger partial charge in [-0.05, 0) is 31.9 Å². The Kier molecular flexibility index (Phi) is 4.24. The second kappa shape index (κ2) is 5.91. The second-order valence-electron chi connectivity index (χ2n) is 5.03. The number of hydrogen-bond donors (Lipinski definition) is 1. The van der Waals surface area contributed by atoms with Crippen molar-refractivity contribution >= 4 is 11.9 Å². The van der Waals surface area contributed by atoms with Gasteiger partial charge >= 0.3 is 5.97 Å². The van der Waals surface area contributed by atoms with Crippen LogP contribution in [-0.4, -0.2) is 35.0 Å². The Morgan fingerprint density at radius 2 is 2.26 bits per heavy atom. The van der Waals surface area contributed by atoms with Crippen molar-refractivity contribution in [2.24, 2.45) is 5.92 Å². The van der Waals surface area contributed by atoms with Gasteiger partial charge in [0.2, 0.25) is 5.91 Å². The predicted octanol–water partition coefficient (Wildman–Crippen LogP) is 1.84. The molecule has 0 bridgehead atoms. The van der Waals surface area contributed by atoms with Gasteiger partial charge in [0, 0.05) is 25.9 Å². The fourth-order valence-corrected chi connectivity index (χ4v) is 2.41. The summed E-state index contributed by atoms with van der Waals surface area (Å²) in [4.78, 5) is 24.7. The van der Waals surface area contributed by atoms with Crippen LogP contribution in [0.25, 0.3) is 0 Å². The van der Waals surface area contributed by atoms with E-state index in [2.05, 4.69) is 0 Å². The molecule has 1 aliphatic heterocycles. The summed E-state index contributed by atoms with van der Waals surface area (Å²) >= 11 is 0. The fraction of sp³-hybridized carbons (Fsp3) is 0.571. The maximum Gasteiger partial charge on any atom is 0.308 e. The average Bonchev–Trinajstić information content (AvgIpc) is 2.82. The highest BCUT2D eigenvalue weighted by Gasteiger charge is 2.27. The lowest BCUT2D eigenvalue weighted by atomic mass is 9.98. The molecule has 5 heteroatoms. The highest BCUT2D eigenvalue weighted by Crippen LogP contribution is 2.18. The van der Waals surface area contributed by atoms with Crippen LogP contribution in [0.3, 0.4) is 0 Å². The standard InChI is InChI=1S/C14H19NO4/c1-10-4-5-12(19-10)6-7-13(16)15-8-2-3-11(9-15)14(17)18/h4-5,11H,2-3,6-9H2,1H3,(H,17,18)/t11-/m1/s1. The summed E-state index contributed by atoms with van der Waals surface area (Å²) in [6.45, 7) is 2.87. The van der Waals surface area contributed by atoms with Crippen LogP contribution >= 0.6 is 0 Å². The third-order valence-corrected chi connectivity index (χ3v) is 3.50. The molecule has 19 heavy (non-hydrogen) atoms. The topological polar surface area (TPSA) is 70.8 Å². The molecule has 2 heterocycles. The van der Waals surface area contributed by atoms with Gasteiger partial charge in [-0.25, -0.2) is 0 Å². The zero-order valence-corrected chi connectivity index (χ0v) is 11.1. The monoisotopic (exact) mass is 265 g/mol. The SMILES string of the molecule is Cc1ccc(CCC(=O)N2CCC[C@@H](C(=O)O)C2)o1. The second-order valence-corrected chi connectivity index (χ2v) is 5.03. The van der Waals surface area contributed by atoms with E-state index in [4.69, 9.17) is 9.52 Å². The normalized spacial score (nSPS) is 19.4. The molecular formula is C14H19NO4. The fourth-order valence-electron chi connectivity index (χ4n) is 2.41. The van der Waals surface area contributed by atoms with E-state index < -0.39 is 11.9 Å². The number of rotatable bonds is 4. The van der Waals surface area contributed by atoms with E-state index in [0.717, 1.165) is 17.9 Å². The molecule has 1 amide bonds. The van der Waals surface area contributed by atoms with Crippen molar-refractivity contribution in [3.63, 3.8) is 0 Å². The number of likely N-dealkylation sites (tertiary alicyclic amines) is 1. The Hall–Kier alpha value is -1.78. The van der Waals surface area contributed by atoms with E-state index >= 15 is 0 Å². The van der Waals surface area contributed by atoms with Crippen molar-refractivity contribution < 1.29 is 19.1 Å². The molecule has 0 unspecified atom stereocenters. The van der Waals surface area contributed by atoms with Gasteiger partial charge in [0.25, 0.3) is 0 Å². The number of furan rings is 1. The van der Waals surface area contributed by atoms with Gasteiger partial charge in [-0.3, -0.25) is 9.59 Å². The lowest BCUT2D eigenvalue weighted by molar-refractivity contribution is -0.145. The molecule has 0 aromatic carbocycles. The number of hydrogen-bond acceptors (Lipinski definition) is 3. The molecule has 1 aliphatic rings. The molecule has 1 atom stereocenters. The quantitative estimate of drug-likeness (QED) is 0.901. The molecule has 5 nitrogen and oxygen atoms in total. The number of aliphatic carboxylic acids is 1. The molecule has 2 rings (SSSR count). The third-order valence-electron chi connectivity index (χ3n) is 3.50. The first-order chi connectivity index (χ1) is 9.06. The number of carboxylic acid groups (broad SMARTS) is 1. The van der Waals surface area contributed by atoms with Crippen LogP contribution in [0, 0.1) is 12.8 Å². The lowest BCUT2D eigenvalue weighted by Gasteiger charge is -2.30.